The Hall–Kier alpha value is 0.170. The van der Waals surface area contributed by atoms with E-state index in [0.717, 1.165) is 6.54 Å². The van der Waals surface area contributed by atoms with Gasteiger partial charge in [-0.15, -0.1) is 12.4 Å². The molecule has 1 saturated heterocycles. The van der Waals surface area contributed by atoms with Crippen molar-refractivity contribution in [2.45, 2.75) is 25.5 Å². The molecular formula is C7H16ClNO2. The number of ether oxygens (including phenoxy) is 1. The molecular weight excluding hydrogens is 166 g/mol. The highest BCUT2D eigenvalue weighted by Crippen LogP contribution is 2.12. The molecule has 2 N–H and O–H groups in total. The quantitative estimate of drug-likeness (QED) is 0.606. The summed E-state index contributed by atoms with van der Waals surface area (Å²) in [4.78, 5) is 0. The molecule has 11 heavy (non-hydrogen) atoms. The molecule has 1 atom stereocenters. The summed E-state index contributed by atoms with van der Waals surface area (Å²) in [6, 6.07) is 0.132. The molecule has 4 heteroatoms. The summed E-state index contributed by atoms with van der Waals surface area (Å²) in [6.45, 7) is 5.67. The Morgan fingerprint density at radius 2 is 2.27 bits per heavy atom. The predicted molar refractivity (Wildman–Crippen MR) is 46.2 cm³/mol. The zero-order chi connectivity index (χ0) is 7.61. The molecule has 0 unspecified atom stereocenters. The van der Waals surface area contributed by atoms with Gasteiger partial charge in [0.15, 0.2) is 0 Å². The van der Waals surface area contributed by atoms with Crippen molar-refractivity contribution < 1.29 is 9.84 Å². The highest BCUT2D eigenvalue weighted by Gasteiger charge is 2.26. The Balaban J connectivity index is 0.000001000. The molecule has 0 radical (unpaired) electrons. The molecule has 1 fully saturated rings. The molecule has 0 aromatic rings. The SMILES string of the molecule is CC1(C)CN[C@H](CO)CO1.Cl. The van der Waals surface area contributed by atoms with Crippen molar-refractivity contribution in [3.8, 4) is 0 Å². The number of hydrogen-bond donors (Lipinski definition) is 2. The zero-order valence-electron chi connectivity index (χ0n) is 6.96. The highest BCUT2D eigenvalue weighted by molar-refractivity contribution is 5.85. The Kier molecular flexibility index (Phi) is 4.32. The summed E-state index contributed by atoms with van der Waals surface area (Å²) < 4.78 is 5.45. The van der Waals surface area contributed by atoms with E-state index in [-0.39, 0.29) is 30.7 Å². The van der Waals surface area contributed by atoms with Gasteiger partial charge in [-0.2, -0.15) is 0 Å². The van der Waals surface area contributed by atoms with E-state index < -0.39 is 0 Å². The molecule has 1 heterocycles. The van der Waals surface area contributed by atoms with Crippen LogP contribution in [-0.4, -0.2) is 36.5 Å². The van der Waals surface area contributed by atoms with Crippen molar-refractivity contribution in [3.05, 3.63) is 0 Å². The summed E-state index contributed by atoms with van der Waals surface area (Å²) in [5.74, 6) is 0. The van der Waals surface area contributed by atoms with Crippen molar-refractivity contribution in [2.24, 2.45) is 0 Å². The van der Waals surface area contributed by atoms with Crippen LogP contribution in [0.25, 0.3) is 0 Å². The molecule has 0 amide bonds. The number of halogens is 1. The largest absolute Gasteiger partial charge is 0.395 e. The van der Waals surface area contributed by atoms with Gasteiger partial charge in [-0.05, 0) is 13.8 Å². The molecule has 1 aliphatic rings. The van der Waals surface area contributed by atoms with Gasteiger partial charge in [0.25, 0.3) is 0 Å². The van der Waals surface area contributed by atoms with Gasteiger partial charge in [0.2, 0.25) is 0 Å². The third-order valence-electron chi connectivity index (χ3n) is 1.71. The van der Waals surface area contributed by atoms with Gasteiger partial charge in [0.1, 0.15) is 0 Å². The van der Waals surface area contributed by atoms with Crippen LogP contribution in [0.5, 0.6) is 0 Å². The Morgan fingerprint density at radius 1 is 1.64 bits per heavy atom. The van der Waals surface area contributed by atoms with Gasteiger partial charge in [0.05, 0.1) is 24.9 Å². The predicted octanol–water partition coefficient (Wildman–Crippen LogP) is 0.168. The van der Waals surface area contributed by atoms with Crippen molar-refractivity contribution in [1.82, 2.24) is 5.32 Å². The molecule has 0 bridgehead atoms. The second kappa shape index (κ2) is 4.26. The first-order valence-corrected chi connectivity index (χ1v) is 3.62. The van der Waals surface area contributed by atoms with Gasteiger partial charge in [-0.1, -0.05) is 0 Å². The molecule has 0 saturated carbocycles. The number of hydrogen-bond acceptors (Lipinski definition) is 3. The zero-order valence-corrected chi connectivity index (χ0v) is 7.78. The number of rotatable bonds is 1. The van der Waals surface area contributed by atoms with Crippen LogP contribution in [0.1, 0.15) is 13.8 Å². The van der Waals surface area contributed by atoms with Crippen molar-refractivity contribution >= 4 is 12.4 Å². The summed E-state index contributed by atoms with van der Waals surface area (Å²) in [5, 5.41) is 11.9. The van der Waals surface area contributed by atoms with Crippen molar-refractivity contribution in [1.29, 1.82) is 0 Å². The molecule has 1 aliphatic heterocycles. The van der Waals surface area contributed by atoms with Gasteiger partial charge >= 0.3 is 0 Å². The molecule has 0 spiro atoms. The monoisotopic (exact) mass is 181 g/mol. The smallest absolute Gasteiger partial charge is 0.0751 e. The van der Waals surface area contributed by atoms with Gasteiger partial charge in [0, 0.05) is 6.54 Å². The normalized spacial score (nSPS) is 29.2. The van der Waals surface area contributed by atoms with Crippen LogP contribution in [0, 0.1) is 0 Å². The molecule has 68 valence electrons. The van der Waals surface area contributed by atoms with E-state index in [0.29, 0.717) is 6.61 Å². The summed E-state index contributed by atoms with van der Waals surface area (Å²) in [6.07, 6.45) is 0. The fourth-order valence-corrected chi connectivity index (χ4v) is 0.944. The molecule has 0 aliphatic carbocycles. The second-order valence-electron chi connectivity index (χ2n) is 3.33. The lowest BCUT2D eigenvalue weighted by atomic mass is 10.1. The van der Waals surface area contributed by atoms with Crippen LogP contribution in [0.4, 0.5) is 0 Å². The maximum atomic E-state index is 8.72. The van der Waals surface area contributed by atoms with E-state index in [1.54, 1.807) is 0 Å². The van der Waals surface area contributed by atoms with Crippen LogP contribution >= 0.6 is 12.4 Å². The van der Waals surface area contributed by atoms with E-state index in [1.807, 2.05) is 13.8 Å². The maximum Gasteiger partial charge on any atom is 0.0751 e. The highest BCUT2D eigenvalue weighted by atomic mass is 35.5. The fraction of sp³-hybridized carbons (Fsp3) is 1.00. The Labute approximate surface area is 73.5 Å². The molecule has 3 nitrogen and oxygen atoms in total. The molecule has 1 rings (SSSR count). The summed E-state index contributed by atoms with van der Waals surface area (Å²) in [7, 11) is 0. The van der Waals surface area contributed by atoms with E-state index in [1.165, 1.54) is 0 Å². The fourth-order valence-electron chi connectivity index (χ4n) is 0.944. The van der Waals surface area contributed by atoms with Gasteiger partial charge in [-0.3, -0.25) is 0 Å². The molecule has 0 aromatic heterocycles. The minimum absolute atomic E-state index is 0. The van der Waals surface area contributed by atoms with E-state index in [4.69, 9.17) is 9.84 Å². The minimum atomic E-state index is -0.0638. The maximum absolute atomic E-state index is 8.72. The van der Waals surface area contributed by atoms with Crippen molar-refractivity contribution in [2.75, 3.05) is 19.8 Å². The van der Waals surface area contributed by atoms with Crippen LogP contribution in [0.3, 0.4) is 0 Å². The van der Waals surface area contributed by atoms with E-state index in [2.05, 4.69) is 5.32 Å². The second-order valence-corrected chi connectivity index (χ2v) is 3.33. The van der Waals surface area contributed by atoms with E-state index in [9.17, 15) is 0 Å². The Bertz CT molecular complexity index is 109. The van der Waals surface area contributed by atoms with Crippen LogP contribution in [0.15, 0.2) is 0 Å². The van der Waals surface area contributed by atoms with Crippen molar-refractivity contribution in [3.63, 3.8) is 0 Å². The number of nitrogens with one attached hydrogen (secondary N) is 1. The van der Waals surface area contributed by atoms with Gasteiger partial charge < -0.3 is 15.2 Å². The van der Waals surface area contributed by atoms with E-state index >= 15 is 0 Å². The first-order chi connectivity index (χ1) is 4.64. The van der Waals surface area contributed by atoms with Crippen LogP contribution < -0.4 is 5.32 Å². The average molecular weight is 182 g/mol. The third kappa shape index (κ3) is 3.38. The standard InChI is InChI=1S/C7H15NO2.ClH/c1-7(2)5-8-6(3-9)4-10-7;/h6,8-9H,3-5H2,1-2H3;1H/t6-;/m1./s1. The summed E-state index contributed by atoms with van der Waals surface area (Å²) in [5.41, 5.74) is -0.0638. The average Bonchev–Trinajstić information content (AvgIpc) is 1.88. The molecule has 0 aromatic carbocycles. The lowest BCUT2D eigenvalue weighted by Gasteiger charge is -2.34. The number of morpholine rings is 1. The number of aliphatic hydroxyl groups excluding tert-OH is 1. The lowest BCUT2D eigenvalue weighted by Crippen LogP contribution is -2.52. The number of aliphatic hydroxyl groups is 1. The topological polar surface area (TPSA) is 41.5 Å². The van der Waals surface area contributed by atoms with Crippen LogP contribution in [-0.2, 0) is 4.74 Å². The Morgan fingerprint density at radius 3 is 2.64 bits per heavy atom. The third-order valence-corrected chi connectivity index (χ3v) is 1.71. The minimum Gasteiger partial charge on any atom is -0.395 e. The first kappa shape index (κ1) is 11.2. The lowest BCUT2D eigenvalue weighted by molar-refractivity contribution is -0.0655. The van der Waals surface area contributed by atoms with Gasteiger partial charge in [-0.25, -0.2) is 0 Å². The van der Waals surface area contributed by atoms with Crippen LogP contribution in [0.2, 0.25) is 0 Å². The first-order valence-electron chi connectivity index (χ1n) is 3.62. The summed E-state index contributed by atoms with van der Waals surface area (Å²) >= 11 is 0.